The molecule has 26 heavy (non-hydrogen) atoms. The lowest BCUT2D eigenvalue weighted by atomic mass is 9.98. The van der Waals surface area contributed by atoms with Crippen molar-refractivity contribution in [3.63, 3.8) is 0 Å². The van der Waals surface area contributed by atoms with Gasteiger partial charge in [-0.1, -0.05) is 55.8 Å². The van der Waals surface area contributed by atoms with Gasteiger partial charge < -0.3 is 10.2 Å². The quantitative estimate of drug-likeness (QED) is 0.794. The van der Waals surface area contributed by atoms with E-state index in [1.54, 1.807) is 12.1 Å². The number of hydrogen-bond acceptors (Lipinski definition) is 2. The molecule has 4 nitrogen and oxygen atoms in total. The zero-order valence-electron chi connectivity index (χ0n) is 15.7. The number of anilines is 1. The Labute approximate surface area is 160 Å². The van der Waals surface area contributed by atoms with E-state index in [1.807, 2.05) is 37.3 Å². The molecule has 0 saturated carbocycles. The average molecular weight is 373 g/mol. The van der Waals surface area contributed by atoms with Crippen molar-refractivity contribution in [2.24, 2.45) is 0 Å². The van der Waals surface area contributed by atoms with Gasteiger partial charge in [-0.3, -0.25) is 9.59 Å². The maximum atomic E-state index is 12.6. The summed E-state index contributed by atoms with van der Waals surface area (Å²) in [4.78, 5) is 26.1. The SMILES string of the molecule is CC(=O)N(CC(=O)Nc1c(C)cccc1C(C)C)Cc1ccc(Cl)cc1. The Morgan fingerprint density at radius 2 is 1.77 bits per heavy atom. The fraction of sp³-hybridized carbons (Fsp3) is 0.333. The highest BCUT2D eigenvalue weighted by molar-refractivity contribution is 6.30. The van der Waals surface area contributed by atoms with Crippen molar-refractivity contribution in [3.05, 3.63) is 64.2 Å². The highest BCUT2D eigenvalue weighted by Gasteiger charge is 2.17. The van der Waals surface area contributed by atoms with E-state index in [0.717, 1.165) is 22.4 Å². The molecule has 2 aromatic carbocycles. The Kier molecular flexibility index (Phi) is 6.81. The van der Waals surface area contributed by atoms with Gasteiger partial charge in [0.1, 0.15) is 6.54 Å². The first-order valence-corrected chi connectivity index (χ1v) is 9.05. The number of amides is 2. The molecule has 0 aromatic heterocycles. The fourth-order valence-corrected chi connectivity index (χ4v) is 2.91. The minimum atomic E-state index is -0.203. The Morgan fingerprint density at radius 1 is 1.12 bits per heavy atom. The normalized spacial score (nSPS) is 10.7. The fourth-order valence-electron chi connectivity index (χ4n) is 2.78. The molecule has 2 amide bonds. The van der Waals surface area contributed by atoms with E-state index in [4.69, 9.17) is 11.6 Å². The largest absolute Gasteiger partial charge is 0.329 e. The second-order valence-electron chi connectivity index (χ2n) is 6.74. The molecule has 0 atom stereocenters. The summed E-state index contributed by atoms with van der Waals surface area (Å²) < 4.78 is 0. The zero-order chi connectivity index (χ0) is 19.3. The smallest absolute Gasteiger partial charge is 0.244 e. The second-order valence-corrected chi connectivity index (χ2v) is 7.18. The van der Waals surface area contributed by atoms with Crippen molar-refractivity contribution < 1.29 is 9.59 Å². The summed E-state index contributed by atoms with van der Waals surface area (Å²) in [6.45, 7) is 7.99. The van der Waals surface area contributed by atoms with E-state index in [9.17, 15) is 9.59 Å². The summed E-state index contributed by atoms with van der Waals surface area (Å²) in [6.07, 6.45) is 0. The summed E-state index contributed by atoms with van der Waals surface area (Å²) in [5.41, 5.74) is 3.86. The number of para-hydroxylation sites is 1. The number of aryl methyl sites for hydroxylation is 1. The maximum absolute atomic E-state index is 12.6. The molecule has 0 spiro atoms. The lowest BCUT2D eigenvalue weighted by Crippen LogP contribution is -2.36. The van der Waals surface area contributed by atoms with Crippen LogP contribution in [0, 0.1) is 6.92 Å². The van der Waals surface area contributed by atoms with Crippen LogP contribution in [0.2, 0.25) is 5.02 Å². The first kappa shape index (κ1) is 20.0. The number of benzene rings is 2. The van der Waals surface area contributed by atoms with Crippen molar-refractivity contribution in [2.45, 2.75) is 40.2 Å². The minimum absolute atomic E-state index is 0.00380. The molecule has 0 aliphatic rings. The van der Waals surface area contributed by atoms with Crippen molar-refractivity contribution in [1.29, 1.82) is 0 Å². The van der Waals surface area contributed by atoms with Crippen LogP contribution in [0.1, 0.15) is 43.4 Å². The highest BCUT2D eigenvalue weighted by Crippen LogP contribution is 2.27. The first-order valence-electron chi connectivity index (χ1n) is 8.67. The molecule has 0 radical (unpaired) electrons. The number of carbonyl (C=O) groups excluding carboxylic acids is 2. The predicted molar refractivity (Wildman–Crippen MR) is 106 cm³/mol. The molecule has 0 aliphatic carbocycles. The van der Waals surface area contributed by atoms with Gasteiger partial charge in [0.15, 0.2) is 0 Å². The molecule has 5 heteroatoms. The van der Waals surface area contributed by atoms with Crippen LogP contribution in [-0.2, 0) is 16.1 Å². The lowest BCUT2D eigenvalue weighted by Gasteiger charge is -2.22. The van der Waals surface area contributed by atoms with E-state index >= 15 is 0 Å². The Balaban J connectivity index is 2.11. The van der Waals surface area contributed by atoms with Crippen LogP contribution in [0.15, 0.2) is 42.5 Å². The van der Waals surface area contributed by atoms with Crippen molar-refractivity contribution in [3.8, 4) is 0 Å². The molecule has 0 saturated heterocycles. The van der Waals surface area contributed by atoms with Crippen LogP contribution in [0.4, 0.5) is 5.69 Å². The molecule has 1 N–H and O–H groups in total. The summed E-state index contributed by atoms with van der Waals surface area (Å²) >= 11 is 5.90. The highest BCUT2D eigenvalue weighted by atomic mass is 35.5. The molecule has 0 bridgehead atoms. The first-order chi connectivity index (χ1) is 12.3. The van der Waals surface area contributed by atoms with Gasteiger partial charge in [0.05, 0.1) is 0 Å². The molecule has 0 heterocycles. The van der Waals surface area contributed by atoms with E-state index in [1.165, 1.54) is 11.8 Å². The predicted octanol–water partition coefficient (Wildman–Crippen LogP) is 4.76. The summed E-state index contributed by atoms with van der Waals surface area (Å²) in [5, 5.41) is 3.63. The number of rotatable bonds is 6. The lowest BCUT2D eigenvalue weighted by molar-refractivity contribution is -0.133. The van der Waals surface area contributed by atoms with Crippen molar-refractivity contribution in [2.75, 3.05) is 11.9 Å². The molecule has 0 unspecified atom stereocenters. The van der Waals surface area contributed by atoms with Gasteiger partial charge in [-0.15, -0.1) is 0 Å². The molecule has 138 valence electrons. The Hall–Kier alpha value is -2.33. The summed E-state index contributed by atoms with van der Waals surface area (Å²) in [5.74, 6) is -0.0579. The van der Waals surface area contributed by atoms with Crippen molar-refractivity contribution >= 4 is 29.1 Å². The van der Waals surface area contributed by atoms with Crippen LogP contribution in [0.25, 0.3) is 0 Å². The van der Waals surface area contributed by atoms with Gasteiger partial charge in [0.2, 0.25) is 11.8 Å². The third-order valence-electron chi connectivity index (χ3n) is 4.26. The van der Waals surface area contributed by atoms with Gasteiger partial charge in [-0.25, -0.2) is 0 Å². The molecule has 2 rings (SSSR count). The maximum Gasteiger partial charge on any atom is 0.244 e. The van der Waals surface area contributed by atoms with Crippen LogP contribution in [-0.4, -0.2) is 23.3 Å². The van der Waals surface area contributed by atoms with Gasteiger partial charge in [0, 0.05) is 24.2 Å². The van der Waals surface area contributed by atoms with Gasteiger partial charge >= 0.3 is 0 Å². The molecule has 2 aromatic rings. The van der Waals surface area contributed by atoms with E-state index < -0.39 is 0 Å². The summed E-state index contributed by atoms with van der Waals surface area (Å²) in [7, 11) is 0. The third kappa shape index (κ3) is 5.33. The molecular weight excluding hydrogens is 348 g/mol. The minimum Gasteiger partial charge on any atom is -0.329 e. The van der Waals surface area contributed by atoms with Crippen LogP contribution in [0.3, 0.4) is 0 Å². The third-order valence-corrected chi connectivity index (χ3v) is 4.51. The van der Waals surface area contributed by atoms with Crippen LogP contribution >= 0.6 is 11.6 Å². The van der Waals surface area contributed by atoms with Crippen LogP contribution in [0.5, 0.6) is 0 Å². The Morgan fingerprint density at radius 3 is 2.35 bits per heavy atom. The number of carbonyl (C=O) groups is 2. The van der Waals surface area contributed by atoms with Gasteiger partial charge in [-0.05, 0) is 41.7 Å². The molecule has 0 aliphatic heterocycles. The molecular formula is C21H25ClN2O2. The number of hydrogen-bond donors (Lipinski definition) is 1. The van der Waals surface area contributed by atoms with Gasteiger partial charge in [0.25, 0.3) is 0 Å². The number of nitrogens with one attached hydrogen (secondary N) is 1. The van der Waals surface area contributed by atoms with E-state index in [-0.39, 0.29) is 18.4 Å². The number of halogens is 1. The monoisotopic (exact) mass is 372 g/mol. The zero-order valence-corrected chi connectivity index (χ0v) is 16.4. The average Bonchev–Trinajstić information content (AvgIpc) is 2.57. The van der Waals surface area contributed by atoms with Crippen molar-refractivity contribution in [1.82, 2.24) is 4.90 Å². The Bertz CT molecular complexity index is 785. The van der Waals surface area contributed by atoms with Crippen LogP contribution < -0.4 is 5.32 Å². The van der Waals surface area contributed by atoms with E-state index in [2.05, 4.69) is 19.2 Å². The summed E-state index contributed by atoms with van der Waals surface area (Å²) in [6, 6.07) is 13.2. The topological polar surface area (TPSA) is 49.4 Å². The van der Waals surface area contributed by atoms with E-state index in [0.29, 0.717) is 17.5 Å². The van der Waals surface area contributed by atoms with Gasteiger partial charge in [-0.2, -0.15) is 0 Å². The standard InChI is InChI=1S/C21H25ClN2O2/c1-14(2)19-7-5-6-15(3)21(19)23-20(26)13-24(16(4)25)12-17-8-10-18(22)11-9-17/h5-11,14H,12-13H2,1-4H3,(H,23,26). The molecule has 0 fully saturated rings. The number of nitrogens with zero attached hydrogens (tertiary/aromatic N) is 1. The second kappa shape index (κ2) is 8.86.